The van der Waals surface area contributed by atoms with Gasteiger partial charge in [0, 0.05) is 55.9 Å². The topological polar surface area (TPSA) is 146 Å². The van der Waals surface area contributed by atoms with Crippen LogP contribution in [0.3, 0.4) is 0 Å². The molecule has 9 atom stereocenters. The third kappa shape index (κ3) is 5.66. The zero-order valence-electron chi connectivity index (χ0n) is 29.3. The van der Waals surface area contributed by atoms with Gasteiger partial charge in [-0.2, -0.15) is 0 Å². The van der Waals surface area contributed by atoms with Crippen molar-refractivity contribution in [2.75, 3.05) is 13.7 Å². The fraction of sp³-hybridized carbons (Fsp3) is 0.743. The highest BCUT2D eigenvalue weighted by molar-refractivity contribution is 6.00. The van der Waals surface area contributed by atoms with Crippen molar-refractivity contribution in [1.82, 2.24) is 4.90 Å². The number of ether oxygens (including phenoxy) is 4. The smallest absolute Gasteiger partial charge is 0.410 e. The van der Waals surface area contributed by atoms with Crippen LogP contribution in [0.25, 0.3) is 0 Å². The van der Waals surface area contributed by atoms with E-state index in [2.05, 4.69) is 0 Å². The lowest BCUT2D eigenvalue weighted by Gasteiger charge is -2.52. The fourth-order valence-electron chi connectivity index (χ4n) is 8.70. The lowest BCUT2D eigenvalue weighted by Crippen LogP contribution is -2.64. The molecule has 0 bridgehead atoms. The molecule has 4 rings (SSSR count). The minimum Gasteiger partial charge on any atom is -0.461 e. The Labute approximate surface area is 272 Å². The molecule has 1 amide bonds. The van der Waals surface area contributed by atoms with Crippen molar-refractivity contribution in [3.63, 3.8) is 0 Å². The number of Topliss-reactive ketones (excluding diaryl/α,β-unsaturated/α-hetero) is 1. The van der Waals surface area contributed by atoms with Crippen molar-refractivity contribution in [1.29, 1.82) is 0 Å². The summed E-state index contributed by atoms with van der Waals surface area (Å²) in [5.74, 6) is -5.45. The normalized spacial score (nSPS) is 34.9. The Bertz CT molecular complexity index is 1370. The van der Waals surface area contributed by atoms with E-state index in [0.717, 1.165) is 0 Å². The van der Waals surface area contributed by atoms with Crippen molar-refractivity contribution < 1.29 is 48.0 Å². The van der Waals surface area contributed by atoms with Crippen LogP contribution in [-0.4, -0.2) is 82.4 Å². The zero-order valence-corrected chi connectivity index (χ0v) is 29.3. The van der Waals surface area contributed by atoms with Gasteiger partial charge in [-0.05, 0) is 51.2 Å². The lowest BCUT2D eigenvalue weighted by atomic mass is 9.59. The maximum absolute atomic E-state index is 14.2. The number of allylic oxidation sites excluding steroid dienone is 1. The average molecular weight is 646 g/mol. The van der Waals surface area contributed by atoms with Crippen LogP contribution in [0.1, 0.15) is 82.6 Å². The van der Waals surface area contributed by atoms with E-state index in [-0.39, 0.29) is 24.7 Å². The van der Waals surface area contributed by atoms with Crippen LogP contribution in [0, 0.1) is 40.9 Å². The second-order valence-corrected chi connectivity index (χ2v) is 15.6. The van der Waals surface area contributed by atoms with E-state index in [1.165, 1.54) is 25.8 Å². The van der Waals surface area contributed by atoms with Crippen molar-refractivity contribution >= 4 is 29.8 Å². The number of ketones is 1. The molecule has 0 unspecified atom stereocenters. The molecule has 0 aromatic rings. The summed E-state index contributed by atoms with van der Waals surface area (Å²) in [6.45, 7) is 18.6. The number of amides is 1. The molecular weight excluding hydrogens is 594 g/mol. The van der Waals surface area contributed by atoms with E-state index in [1.54, 1.807) is 54.5 Å². The second-order valence-electron chi connectivity index (χ2n) is 15.6. The summed E-state index contributed by atoms with van der Waals surface area (Å²) in [5.41, 5.74) is -3.26. The first kappa shape index (κ1) is 35.6. The second kappa shape index (κ2) is 11.8. The fourth-order valence-corrected chi connectivity index (χ4v) is 8.70. The first-order valence-electron chi connectivity index (χ1n) is 16.2. The Morgan fingerprint density at radius 2 is 1.67 bits per heavy atom. The molecule has 11 nitrogen and oxygen atoms in total. The minimum absolute atomic E-state index is 0.0367. The van der Waals surface area contributed by atoms with Crippen LogP contribution in [0.5, 0.6) is 0 Å². The Morgan fingerprint density at radius 1 is 1.07 bits per heavy atom. The van der Waals surface area contributed by atoms with E-state index >= 15 is 0 Å². The van der Waals surface area contributed by atoms with Crippen molar-refractivity contribution in [2.45, 2.75) is 112 Å². The molecule has 1 N–H and O–H groups in total. The first-order valence-corrected chi connectivity index (χ1v) is 16.2. The van der Waals surface area contributed by atoms with Gasteiger partial charge in [0.15, 0.2) is 11.4 Å². The number of rotatable bonds is 7. The number of esters is 3. The Kier molecular flexibility index (Phi) is 9.14. The lowest BCUT2D eigenvalue weighted by molar-refractivity contribution is -0.222. The molecule has 0 radical (unpaired) electrons. The largest absolute Gasteiger partial charge is 0.461 e. The molecule has 0 aliphatic heterocycles. The highest BCUT2D eigenvalue weighted by atomic mass is 16.6. The molecule has 2 saturated carbocycles. The maximum atomic E-state index is 14.2. The molecule has 256 valence electrons. The van der Waals surface area contributed by atoms with Gasteiger partial charge >= 0.3 is 24.0 Å². The van der Waals surface area contributed by atoms with Gasteiger partial charge < -0.3 is 24.1 Å². The summed E-state index contributed by atoms with van der Waals surface area (Å²) in [4.78, 5) is 66.4. The maximum Gasteiger partial charge on any atom is 0.410 e. The minimum atomic E-state index is -1.60. The molecule has 0 saturated heterocycles. The Morgan fingerprint density at radius 3 is 2.20 bits per heavy atom. The van der Waals surface area contributed by atoms with Crippen LogP contribution < -0.4 is 0 Å². The summed E-state index contributed by atoms with van der Waals surface area (Å²) >= 11 is 0. The predicted molar refractivity (Wildman–Crippen MR) is 167 cm³/mol. The zero-order chi connectivity index (χ0) is 34.9. The summed E-state index contributed by atoms with van der Waals surface area (Å²) in [6, 6.07) is -1.04. The molecule has 0 spiro atoms. The number of hydrogen-bond donors (Lipinski definition) is 1. The molecule has 0 aromatic heterocycles. The van der Waals surface area contributed by atoms with Crippen LogP contribution in [0.15, 0.2) is 23.3 Å². The van der Waals surface area contributed by atoms with Gasteiger partial charge in [-0.25, -0.2) is 9.59 Å². The van der Waals surface area contributed by atoms with Gasteiger partial charge in [-0.3, -0.25) is 19.3 Å². The van der Waals surface area contributed by atoms with Crippen LogP contribution >= 0.6 is 0 Å². The van der Waals surface area contributed by atoms with Crippen LogP contribution in [0.2, 0.25) is 0 Å². The predicted octanol–water partition coefficient (Wildman–Crippen LogP) is 4.40. The first-order chi connectivity index (χ1) is 21.0. The summed E-state index contributed by atoms with van der Waals surface area (Å²) in [5, 5.41) is 13.0. The third-order valence-electron chi connectivity index (χ3n) is 10.7. The van der Waals surface area contributed by atoms with E-state index in [9.17, 15) is 29.1 Å². The highest BCUT2D eigenvalue weighted by Gasteiger charge is 2.87. The van der Waals surface area contributed by atoms with Gasteiger partial charge in [0.05, 0.1) is 5.60 Å². The average Bonchev–Trinajstić information content (AvgIpc) is 3.29. The van der Waals surface area contributed by atoms with Gasteiger partial charge in [-0.15, -0.1) is 0 Å². The number of likely N-dealkylation sites (N-methyl/N-ethyl adjacent to an activating group) is 1. The van der Waals surface area contributed by atoms with Crippen LogP contribution in [-0.2, 0) is 38.1 Å². The SMILES string of the molecule is CC(=O)OCC1=C[C@H]2[C@@H]3C(C)(C)[C@]3(OC(C)=O)[C@H](OC(=O)[C@H](C(C)C)N(C)C(=O)OC(C)(C)C)[C@@H](C)[C@]2(O)[C@@H]2C=C(C)C(=O)[C@@H]2C1. The molecule has 0 aromatic carbocycles. The molecule has 46 heavy (non-hydrogen) atoms. The van der Waals surface area contributed by atoms with E-state index in [1.807, 2.05) is 19.9 Å². The molecule has 0 heterocycles. The Balaban J connectivity index is 1.84. The number of nitrogens with zero attached hydrogens (tertiary/aromatic N) is 1. The number of fused-ring (bicyclic) bond motifs is 5. The molecular formula is C35H51NO10. The summed E-state index contributed by atoms with van der Waals surface area (Å²) < 4.78 is 23.4. The molecule has 11 heteroatoms. The van der Waals surface area contributed by atoms with Gasteiger partial charge in [-0.1, -0.05) is 46.8 Å². The van der Waals surface area contributed by atoms with Crippen LogP contribution in [0.4, 0.5) is 4.79 Å². The van der Waals surface area contributed by atoms with E-state index < -0.39 is 88.0 Å². The number of carbonyl (C=O) groups excluding carboxylic acids is 5. The van der Waals surface area contributed by atoms with Crippen molar-refractivity contribution in [2.24, 2.45) is 40.9 Å². The van der Waals surface area contributed by atoms with E-state index in [0.29, 0.717) is 11.1 Å². The Hall–Kier alpha value is -3.21. The summed E-state index contributed by atoms with van der Waals surface area (Å²) in [7, 11) is 1.47. The monoisotopic (exact) mass is 645 g/mol. The number of hydrogen-bond acceptors (Lipinski definition) is 10. The third-order valence-corrected chi connectivity index (χ3v) is 10.7. The van der Waals surface area contributed by atoms with E-state index in [4.69, 9.17) is 18.9 Å². The molecule has 2 fully saturated rings. The standard InChI is InChI=1S/C35H51NO10/c1-17(2)26(36(12)31(41)46-32(7,8)9)30(40)44-29-19(4)34(42)24-13-18(3)27(39)23(24)14-22(16-43-20(5)37)15-25(34)28-33(10,11)35(28,29)45-21(6)38/h13,15,17,19,23-26,28-29,42H,14,16H2,1-12H3/t19-,23-,24-,25+,26+,28-,29-,34+,35-/m1/s1. The number of carbonyl (C=O) groups is 5. The number of aliphatic hydroxyl groups is 1. The summed E-state index contributed by atoms with van der Waals surface area (Å²) in [6.07, 6.45) is 2.16. The molecule has 4 aliphatic rings. The highest BCUT2D eigenvalue weighted by Crippen LogP contribution is 2.77. The van der Waals surface area contributed by atoms with Gasteiger partial charge in [0.25, 0.3) is 0 Å². The molecule has 4 aliphatic carbocycles. The van der Waals surface area contributed by atoms with Crippen molar-refractivity contribution in [3.05, 3.63) is 23.3 Å². The van der Waals surface area contributed by atoms with Gasteiger partial charge in [0.2, 0.25) is 0 Å². The van der Waals surface area contributed by atoms with Gasteiger partial charge in [0.1, 0.15) is 24.4 Å². The quantitative estimate of drug-likeness (QED) is 0.240. The van der Waals surface area contributed by atoms with Crippen molar-refractivity contribution in [3.8, 4) is 0 Å².